The van der Waals surface area contributed by atoms with Crippen molar-refractivity contribution in [2.24, 2.45) is 0 Å². The predicted octanol–water partition coefficient (Wildman–Crippen LogP) is 5.02. The maximum absolute atomic E-state index is 14.4. The lowest BCUT2D eigenvalue weighted by Gasteiger charge is -2.25. The molecule has 0 aliphatic rings. The number of hydrogen-bond donors (Lipinski definition) is 1. The Bertz CT molecular complexity index is 937. The van der Waals surface area contributed by atoms with Crippen LogP contribution in [-0.4, -0.2) is 42.0 Å². The number of benzene rings is 2. The number of esters is 1. The Morgan fingerprint density at radius 2 is 1.50 bits per heavy atom. The molecule has 0 saturated carbocycles. The fraction of sp³-hybridized carbons (Fsp3) is 0.375. The van der Waals surface area contributed by atoms with Gasteiger partial charge in [-0.25, -0.2) is 9.59 Å². The molecule has 0 spiro atoms. The van der Waals surface area contributed by atoms with Crippen LogP contribution in [0.1, 0.15) is 44.5 Å². The molecule has 0 heterocycles. The highest BCUT2D eigenvalue weighted by Crippen LogP contribution is 2.25. The average Bonchev–Trinajstić information content (AvgIpc) is 2.72. The maximum atomic E-state index is 14.4. The fourth-order valence-electron chi connectivity index (χ4n) is 2.89. The molecule has 0 aliphatic carbocycles. The summed E-state index contributed by atoms with van der Waals surface area (Å²) in [5, 5.41) is 2.17. The quantitative estimate of drug-likeness (QED) is 0.454. The van der Waals surface area contributed by atoms with Crippen LogP contribution >= 0.6 is 0 Å². The third-order valence-corrected chi connectivity index (χ3v) is 4.32. The summed E-state index contributed by atoms with van der Waals surface area (Å²) in [5.41, 5.74) is 0.948. The highest BCUT2D eigenvalue weighted by atomic mass is 19.3. The number of amides is 1. The minimum atomic E-state index is -3.98. The summed E-state index contributed by atoms with van der Waals surface area (Å²) in [6.45, 7) is 5.94. The van der Waals surface area contributed by atoms with E-state index in [1.165, 1.54) is 19.1 Å². The summed E-state index contributed by atoms with van der Waals surface area (Å²) < 4.78 is 38.3. The molecule has 0 radical (unpaired) electrons. The first-order chi connectivity index (χ1) is 14.9. The van der Waals surface area contributed by atoms with E-state index in [0.717, 1.165) is 11.1 Å². The molecule has 32 heavy (non-hydrogen) atoms. The minimum absolute atomic E-state index is 0.102. The van der Waals surface area contributed by atoms with E-state index in [4.69, 9.17) is 4.74 Å². The lowest BCUT2D eigenvalue weighted by atomic mass is 9.96. The number of nitrogens with one attached hydrogen (secondary N) is 1. The van der Waals surface area contributed by atoms with Gasteiger partial charge in [0.25, 0.3) is 0 Å². The number of alkyl halides is 2. The van der Waals surface area contributed by atoms with Crippen LogP contribution in [0.5, 0.6) is 0 Å². The van der Waals surface area contributed by atoms with Gasteiger partial charge in [-0.05, 0) is 38.8 Å². The molecule has 8 heteroatoms. The van der Waals surface area contributed by atoms with E-state index in [-0.39, 0.29) is 12.2 Å². The Morgan fingerprint density at radius 3 is 2.03 bits per heavy atom. The third-order valence-electron chi connectivity index (χ3n) is 4.32. The number of ketones is 1. The van der Waals surface area contributed by atoms with Gasteiger partial charge in [0.15, 0.2) is 5.78 Å². The lowest BCUT2D eigenvalue weighted by Crippen LogP contribution is -2.48. The Morgan fingerprint density at radius 1 is 0.938 bits per heavy atom. The van der Waals surface area contributed by atoms with E-state index in [2.05, 4.69) is 10.1 Å². The summed E-state index contributed by atoms with van der Waals surface area (Å²) in [6.07, 6.45) is -2.30. The molecule has 0 aromatic heterocycles. The van der Waals surface area contributed by atoms with Gasteiger partial charge in [-0.1, -0.05) is 54.6 Å². The van der Waals surface area contributed by atoms with Crippen molar-refractivity contribution in [3.63, 3.8) is 0 Å². The standard InChI is InChI=1S/C24H27F2NO5/c1-5-31-21(29)24(25,26)15-19(27-22(30)32-23(2,3)4)20(28)18-13-11-17(12-14-18)16-9-7-6-8-10-16/h6-14,19H,5,15H2,1-4H3,(H,27,30). The highest BCUT2D eigenvalue weighted by molar-refractivity contribution is 6.02. The lowest BCUT2D eigenvalue weighted by molar-refractivity contribution is -0.172. The zero-order valence-electron chi connectivity index (χ0n) is 18.5. The molecule has 2 aromatic rings. The first-order valence-corrected chi connectivity index (χ1v) is 10.2. The maximum Gasteiger partial charge on any atom is 0.408 e. The monoisotopic (exact) mass is 447 g/mol. The number of hydrogen-bond acceptors (Lipinski definition) is 5. The molecule has 0 saturated heterocycles. The van der Waals surface area contributed by atoms with Crippen molar-refractivity contribution in [2.75, 3.05) is 6.61 Å². The van der Waals surface area contributed by atoms with Crippen LogP contribution in [0, 0.1) is 0 Å². The van der Waals surface area contributed by atoms with Gasteiger partial charge in [0.2, 0.25) is 0 Å². The topological polar surface area (TPSA) is 81.7 Å². The van der Waals surface area contributed by atoms with Crippen LogP contribution in [-0.2, 0) is 14.3 Å². The number of carbonyl (C=O) groups is 3. The van der Waals surface area contributed by atoms with Crippen LogP contribution < -0.4 is 5.32 Å². The van der Waals surface area contributed by atoms with Crippen molar-refractivity contribution in [3.05, 3.63) is 60.2 Å². The number of Topliss-reactive ketones (excluding diaryl/α,β-unsaturated/α-hetero) is 1. The normalized spacial score (nSPS) is 12.6. The molecule has 6 nitrogen and oxygen atoms in total. The number of ether oxygens (including phenoxy) is 2. The van der Waals surface area contributed by atoms with Crippen molar-refractivity contribution >= 4 is 17.8 Å². The number of halogens is 2. The molecule has 0 bridgehead atoms. The zero-order chi connectivity index (χ0) is 23.9. The van der Waals surface area contributed by atoms with Gasteiger partial charge >= 0.3 is 18.0 Å². The second-order valence-electron chi connectivity index (χ2n) is 8.14. The van der Waals surface area contributed by atoms with Crippen LogP contribution in [0.4, 0.5) is 13.6 Å². The third kappa shape index (κ3) is 7.14. The summed E-state index contributed by atoms with van der Waals surface area (Å²) in [4.78, 5) is 36.8. The molecule has 1 atom stereocenters. The van der Waals surface area contributed by atoms with Crippen molar-refractivity contribution in [2.45, 2.75) is 51.7 Å². The molecule has 2 aromatic carbocycles. The second-order valence-corrected chi connectivity index (χ2v) is 8.14. The molecular formula is C24H27F2NO5. The van der Waals surface area contributed by atoms with E-state index >= 15 is 0 Å². The highest BCUT2D eigenvalue weighted by Gasteiger charge is 2.45. The Labute approximate surface area is 185 Å². The summed E-state index contributed by atoms with van der Waals surface area (Å²) in [7, 11) is 0. The fourth-order valence-corrected chi connectivity index (χ4v) is 2.89. The smallest absolute Gasteiger partial charge is 0.408 e. The molecule has 1 amide bonds. The molecule has 0 aliphatic heterocycles. The summed E-state index contributed by atoms with van der Waals surface area (Å²) >= 11 is 0. The first kappa shape index (κ1) is 25.0. The summed E-state index contributed by atoms with van der Waals surface area (Å²) in [6, 6.07) is 14.0. The Balaban J connectivity index is 2.27. The van der Waals surface area contributed by atoms with E-state index < -0.39 is 41.8 Å². The van der Waals surface area contributed by atoms with Crippen molar-refractivity contribution in [1.29, 1.82) is 0 Å². The molecule has 1 N–H and O–H groups in total. The number of alkyl carbamates (subject to hydrolysis) is 1. The minimum Gasteiger partial charge on any atom is -0.462 e. The van der Waals surface area contributed by atoms with E-state index in [1.54, 1.807) is 32.9 Å². The van der Waals surface area contributed by atoms with Gasteiger partial charge in [-0.3, -0.25) is 4.79 Å². The van der Waals surface area contributed by atoms with Crippen molar-refractivity contribution < 1.29 is 32.6 Å². The predicted molar refractivity (Wildman–Crippen MR) is 116 cm³/mol. The van der Waals surface area contributed by atoms with Gasteiger partial charge in [-0.15, -0.1) is 0 Å². The van der Waals surface area contributed by atoms with Gasteiger partial charge in [-0.2, -0.15) is 8.78 Å². The molecule has 1 unspecified atom stereocenters. The van der Waals surface area contributed by atoms with Gasteiger partial charge < -0.3 is 14.8 Å². The van der Waals surface area contributed by atoms with Crippen LogP contribution in [0.15, 0.2) is 54.6 Å². The Kier molecular flexibility index (Phi) is 8.08. The molecule has 2 rings (SSSR count). The molecule has 172 valence electrons. The van der Waals surface area contributed by atoms with Gasteiger partial charge in [0.1, 0.15) is 11.6 Å². The largest absolute Gasteiger partial charge is 0.462 e. The second kappa shape index (κ2) is 10.3. The van der Waals surface area contributed by atoms with Crippen molar-refractivity contribution in [1.82, 2.24) is 5.32 Å². The summed E-state index contributed by atoms with van der Waals surface area (Å²) in [5.74, 6) is -6.52. The molecule has 0 fully saturated rings. The number of rotatable bonds is 8. The zero-order valence-corrected chi connectivity index (χ0v) is 18.5. The van der Waals surface area contributed by atoms with Crippen LogP contribution in [0.2, 0.25) is 0 Å². The van der Waals surface area contributed by atoms with E-state index in [1.807, 2.05) is 30.3 Å². The van der Waals surface area contributed by atoms with Crippen LogP contribution in [0.3, 0.4) is 0 Å². The van der Waals surface area contributed by atoms with E-state index in [0.29, 0.717) is 0 Å². The van der Waals surface area contributed by atoms with Crippen LogP contribution in [0.25, 0.3) is 11.1 Å². The van der Waals surface area contributed by atoms with Crippen molar-refractivity contribution in [3.8, 4) is 11.1 Å². The number of carbonyl (C=O) groups excluding carboxylic acids is 3. The van der Waals surface area contributed by atoms with Gasteiger partial charge in [0, 0.05) is 5.56 Å². The van der Waals surface area contributed by atoms with Gasteiger partial charge in [0.05, 0.1) is 13.0 Å². The first-order valence-electron chi connectivity index (χ1n) is 10.2. The average molecular weight is 447 g/mol. The molecular weight excluding hydrogens is 420 g/mol. The SMILES string of the molecule is CCOC(=O)C(F)(F)CC(NC(=O)OC(C)(C)C)C(=O)c1ccc(-c2ccccc2)cc1. The Hall–Kier alpha value is -3.29. The van der Waals surface area contributed by atoms with E-state index in [9.17, 15) is 23.2 Å².